The zero-order chi connectivity index (χ0) is 22.5. The zero-order valence-corrected chi connectivity index (χ0v) is 19.7. The van der Waals surface area contributed by atoms with Crippen molar-refractivity contribution < 1.29 is 14.3 Å². The standard InChI is InChI=1S/C24H47N3O3/c1-3-4-5-6-7-8-9-10-11-12-13-14-15-16-17-18-19-20-22(28)30-23(29)21-27(2)24(25)26/h3-21H2,1-2H3,(H3,25,26). The lowest BCUT2D eigenvalue weighted by Crippen LogP contribution is -2.37. The molecular formula is C24H47N3O3. The van der Waals surface area contributed by atoms with Crippen LogP contribution in [0.15, 0.2) is 0 Å². The second kappa shape index (κ2) is 20.7. The third kappa shape index (κ3) is 19.7. The van der Waals surface area contributed by atoms with Gasteiger partial charge in [-0.05, 0) is 6.42 Å². The van der Waals surface area contributed by atoms with Crippen molar-refractivity contribution >= 4 is 17.9 Å². The Kier molecular flexibility index (Phi) is 19.6. The normalized spacial score (nSPS) is 10.7. The summed E-state index contributed by atoms with van der Waals surface area (Å²) in [6.07, 6.45) is 22.3. The van der Waals surface area contributed by atoms with Crippen LogP contribution in [0.4, 0.5) is 0 Å². The Hall–Kier alpha value is -1.59. The van der Waals surface area contributed by atoms with E-state index in [0.29, 0.717) is 0 Å². The highest BCUT2D eigenvalue weighted by Crippen LogP contribution is 2.14. The molecule has 0 aromatic carbocycles. The second-order valence-electron chi connectivity index (χ2n) is 8.49. The number of rotatable bonds is 20. The van der Waals surface area contributed by atoms with Crippen LogP contribution in [0, 0.1) is 5.41 Å². The minimum absolute atomic E-state index is 0.180. The zero-order valence-electron chi connectivity index (χ0n) is 19.7. The van der Waals surface area contributed by atoms with Crippen molar-refractivity contribution in [3.8, 4) is 0 Å². The number of esters is 2. The van der Waals surface area contributed by atoms with Gasteiger partial charge in [-0.2, -0.15) is 0 Å². The predicted octanol–water partition coefficient (Wildman–Crippen LogP) is 5.92. The van der Waals surface area contributed by atoms with Gasteiger partial charge in [-0.1, -0.05) is 110 Å². The number of nitrogens with two attached hydrogens (primary N) is 1. The summed E-state index contributed by atoms with van der Waals surface area (Å²) in [7, 11) is 1.50. The van der Waals surface area contributed by atoms with Crippen molar-refractivity contribution in [3.05, 3.63) is 0 Å². The van der Waals surface area contributed by atoms with Crippen LogP contribution in [0.1, 0.15) is 122 Å². The van der Waals surface area contributed by atoms with Gasteiger partial charge in [0.05, 0.1) is 0 Å². The fourth-order valence-corrected chi connectivity index (χ4v) is 3.48. The molecule has 0 radical (unpaired) electrons. The second-order valence-corrected chi connectivity index (χ2v) is 8.49. The van der Waals surface area contributed by atoms with E-state index in [4.69, 9.17) is 15.9 Å². The molecule has 0 atom stereocenters. The Morgan fingerprint density at radius 3 is 1.43 bits per heavy atom. The van der Waals surface area contributed by atoms with Crippen LogP contribution in [0.5, 0.6) is 0 Å². The Morgan fingerprint density at radius 1 is 0.700 bits per heavy atom. The number of nitrogens with one attached hydrogen (secondary N) is 1. The number of hydrogen-bond donors (Lipinski definition) is 2. The third-order valence-corrected chi connectivity index (χ3v) is 5.49. The minimum Gasteiger partial charge on any atom is -0.392 e. The van der Waals surface area contributed by atoms with Gasteiger partial charge in [-0.3, -0.25) is 10.2 Å². The topological polar surface area (TPSA) is 96.5 Å². The van der Waals surface area contributed by atoms with Crippen molar-refractivity contribution in [1.82, 2.24) is 4.90 Å². The first-order valence-corrected chi connectivity index (χ1v) is 12.3. The Balaban J connectivity index is 3.30. The first kappa shape index (κ1) is 28.4. The fraction of sp³-hybridized carbons (Fsp3) is 0.875. The van der Waals surface area contributed by atoms with E-state index in [1.807, 2.05) is 0 Å². The Bertz CT molecular complexity index is 455. The maximum absolute atomic E-state index is 11.6. The van der Waals surface area contributed by atoms with Crippen LogP contribution in [-0.4, -0.2) is 36.4 Å². The molecule has 0 saturated heterocycles. The average Bonchev–Trinajstić information content (AvgIpc) is 2.70. The molecule has 0 unspecified atom stereocenters. The number of ether oxygens (including phenoxy) is 1. The molecular weight excluding hydrogens is 378 g/mol. The Labute approximate surface area is 184 Å². The quantitative estimate of drug-likeness (QED) is 0.0829. The number of likely N-dealkylation sites (N-methyl/N-ethyl adjacent to an activating group) is 1. The first-order chi connectivity index (χ1) is 14.5. The molecule has 0 aliphatic carbocycles. The summed E-state index contributed by atoms with van der Waals surface area (Å²) in [5.74, 6) is -1.38. The largest absolute Gasteiger partial charge is 0.392 e. The highest BCUT2D eigenvalue weighted by atomic mass is 16.6. The van der Waals surface area contributed by atoms with E-state index in [9.17, 15) is 9.59 Å². The van der Waals surface area contributed by atoms with Crippen molar-refractivity contribution in [3.63, 3.8) is 0 Å². The van der Waals surface area contributed by atoms with Gasteiger partial charge in [-0.25, -0.2) is 4.79 Å². The summed E-state index contributed by atoms with van der Waals surface area (Å²) in [5, 5.41) is 7.17. The maximum Gasteiger partial charge on any atom is 0.333 e. The van der Waals surface area contributed by atoms with Crippen LogP contribution >= 0.6 is 0 Å². The summed E-state index contributed by atoms with van der Waals surface area (Å²) < 4.78 is 4.73. The number of nitrogens with zero attached hydrogens (tertiary/aromatic N) is 1. The third-order valence-electron chi connectivity index (χ3n) is 5.49. The van der Waals surface area contributed by atoms with E-state index < -0.39 is 11.9 Å². The average molecular weight is 426 g/mol. The summed E-state index contributed by atoms with van der Waals surface area (Å²) >= 11 is 0. The number of unbranched alkanes of at least 4 members (excludes halogenated alkanes) is 16. The molecule has 0 aromatic rings. The molecule has 176 valence electrons. The van der Waals surface area contributed by atoms with E-state index >= 15 is 0 Å². The van der Waals surface area contributed by atoms with Crippen molar-refractivity contribution in [2.45, 2.75) is 122 Å². The lowest BCUT2D eigenvalue weighted by atomic mass is 10.0. The minimum atomic E-state index is -0.662. The molecule has 0 bridgehead atoms. The van der Waals surface area contributed by atoms with Gasteiger partial charge >= 0.3 is 11.9 Å². The van der Waals surface area contributed by atoms with Gasteiger partial charge in [0.1, 0.15) is 6.54 Å². The van der Waals surface area contributed by atoms with E-state index in [1.165, 1.54) is 102 Å². The van der Waals surface area contributed by atoms with Gasteiger partial charge in [0, 0.05) is 13.5 Å². The summed E-state index contributed by atoms with van der Waals surface area (Å²) in [6.45, 7) is 2.09. The molecule has 0 aromatic heterocycles. The molecule has 3 N–H and O–H groups in total. The smallest absolute Gasteiger partial charge is 0.333 e. The van der Waals surface area contributed by atoms with Crippen molar-refractivity contribution in [2.24, 2.45) is 5.73 Å². The number of hydrogen-bond acceptors (Lipinski definition) is 4. The van der Waals surface area contributed by atoms with E-state index in [2.05, 4.69) is 6.92 Å². The SMILES string of the molecule is CCCCCCCCCCCCCCCCCCCC(=O)OC(=O)CN(C)C(=N)N. The molecule has 6 nitrogen and oxygen atoms in total. The molecule has 0 spiro atoms. The van der Waals surface area contributed by atoms with Crippen LogP contribution in [0.2, 0.25) is 0 Å². The summed E-state index contributed by atoms with van der Waals surface area (Å²) in [4.78, 5) is 24.4. The van der Waals surface area contributed by atoms with Crippen LogP contribution < -0.4 is 5.73 Å². The summed E-state index contributed by atoms with van der Waals surface area (Å²) in [6, 6.07) is 0. The van der Waals surface area contributed by atoms with Gasteiger partial charge in [-0.15, -0.1) is 0 Å². The molecule has 0 amide bonds. The highest BCUT2D eigenvalue weighted by molar-refractivity contribution is 5.88. The fourth-order valence-electron chi connectivity index (χ4n) is 3.48. The predicted molar refractivity (Wildman–Crippen MR) is 124 cm³/mol. The van der Waals surface area contributed by atoms with Gasteiger partial charge in [0.25, 0.3) is 0 Å². The highest BCUT2D eigenvalue weighted by Gasteiger charge is 2.13. The van der Waals surface area contributed by atoms with E-state index in [-0.39, 0.29) is 18.9 Å². The lowest BCUT2D eigenvalue weighted by molar-refractivity contribution is -0.159. The molecule has 30 heavy (non-hydrogen) atoms. The molecule has 0 aliphatic rings. The molecule has 0 heterocycles. The molecule has 6 heteroatoms. The van der Waals surface area contributed by atoms with Crippen molar-refractivity contribution in [1.29, 1.82) is 5.41 Å². The van der Waals surface area contributed by atoms with Gasteiger partial charge in [0.2, 0.25) is 0 Å². The molecule has 0 rings (SSSR count). The van der Waals surface area contributed by atoms with Crippen LogP contribution in [0.3, 0.4) is 0 Å². The number of guanidine groups is 1. The monoisotopic (exact) mass is 425 g/mol. The van der Waals surface area contributed by atoms with E-state index in [1.54, 1.807) is 0 Å². The van der Waals surface area contributed by atoms with Crippen molar-refractivity contribution in [2.75, 3.05) is 13.6 Å². The van der Waals surface area contributed by atoms with E-state index in [0.717, 1.165) is 19.3 Å². The molecule has 0 aliphatic heterocycles. The van der Waals surface area contributed by atoms with Gasteiger partial charge < -0.3 is 15.4 Å². The van der Waals surface area contributed by atoms with Crippen LogP contribution in [0.25, 0.3) is 0 Å². The van der Waals surface area contributed by atoms with Gasteiger partial charge in [0.15, 0.2) is 5.96 Å². The molecule has 0 fully saturated rings. The maximum atomic E-state index is 11.6. The first-order valence-electron chi connectivity index (χ1n) is 12.3. The Morgan fingerprint density at radius 2 is 1.07 bits per heavy atom. The summed E-state index contributed by atoms with van der Waals surface area (Å²) in [5.41, 5.74) is 5.24. The lowest BCUT2D eigenvalue weighted by Gasteiger charge is -2.14. The van der Waals surface area contributed by atoms with Crippen LogP contribution in [-0.2, 0) is 14.3 Å². The number of carbonyl (C=O) groups excluding carboxylic acids is 2. The molecule has 0 saturated carbocycles. The number of carbonyl (C=O) groups is 2.